The van der Waals surface area contributed by atoms with Crippen molar-refractivity contribution in [2.45, 2.75) is 32.1 Å². The van der Waals surface area contributed by atoms with E-state index in [0.717, 1.165) is 0 Å². The Morgan fingerprint density at radius 2 is 1.88 bits per heavy atom. The molecule has 0 fully saturated rings. The molecule has 0 saturated carbocycles. The molecular formula is C24H21N. The summed E-state index contributed by atoms with van der Waals surface area (Å²) in [4.78, 5) is 4.37. The molecule has 1 atom stereocenters. The predicted molar refractivity (Wildman–Crippen MR) is 106 cm³/mol. The number of pyridine rings is 1. The zero-order chi connectivity index (χ0) is 16.8. The third-order valence-electron chi connectivity index (χ3n) is 5.74. The molecule has 1 aliphatic carbocycles. The molecule has 0 bridgehead atoms. The summed E-state index contributed by atoms with van der Waals surface area (Å²) in [5, 5.41) is 5.48. The summed E-state index contributed by atoms with van der Waals surface area (Å²) in [5.74, 6) is 0.654. The first-order valence-corrected chi connectivity index (χ1v) is 9.20. The first kappa shape index (κ1) is 14.7. The monoisotopic (exact) mass is 323 g/mol. The number of hydrogen-bond acceptors (Lipinski definition) is 1. The maximum Gasteiger partial charge on any atom is 0.0346 e. The minimum Gasteiger partial charge on any atom is -0.264 e. The van der Waals surface area contributed by atoms with E-state index >= 15 is 0 Å². The first-order valence-electron chi connectivity index (χ1n) is 9.20. The van der Waals surface area contributed by atoms with Crippen molar-refractivity contribution < 1.29 is 0 Å². The van der Waals surface area contributed by atoms with E-state index in [1.54, 1.807) is 11.1 Å². The van der Waals surface area contributed by atoms with Crippen LogP contribution in [0.2, 0.25) is 0 Å². The number of rotatable bonds is 1. The van der Waals surface area contributed by atoms with Gasteiger partial charge in [-0.05, 0) is 75.5 Å². The molecule has 122 valence electrons. The van der Waals surface area contributed by atoms with Gasteiger partial charge in [0.15, 0.2) is 0 Å². The van der Waals surface area contributed by atoms with Gasteiger partial charge in [0.05, 0.1) is 0 Å². The molecule has 0 amide bonds. The fourth-order valence-electron chi connectivity index (χ4n) is 4.51. The van der Waals surface area contributed by atoms with Gasteiger partial charge in [-0.15, -0.1) is 0 Å². The second-order valence-electron chi connectivity index (χ2n) is 7.24. The Morgan fingerprint density at radius 1 is 0.960 bits per heavy atom. The molecule has 1 aliphatic rings. The summed E-state index contributed by atoms with van der Waals surface area (Å²) >= 11 is 0. The van der Waals surface area contributed by atoms with Gasteiger partial charge in [0.1, 0.15) is 0 Å². The lowest BCUT2D eigenvalue weighted by Crippen LogP contribution is -2.08. The number of nitrogens with zero attached hydrogens (tertiary/aromatic N) is 1. The summed E-state index contributed by atoms with van der Waals surface area (Å²) in [6.07, 6.45) is 7.61. The Labute approximate surface area is 148 Å². The van der Waals surface area contributed by atoms with Crippen molar-refractivity contribution in [3.63, 3.8) is 0 Å². The lowest BCUT2D eigenvalue weighted by Gasteiger charge is -2.25. The molecule has 1 unspecified atom stereocenters. The van der Waals surface area contributed by atoms with Gasteiger partial charge >= 0.3 is 0 Å². The third kappa shape index (κ3) is 2.26. The largest absolute Gasteiger partial charge is 0.264 e. The zero-order valence-electron chi connectivity index (χ0n) is 14.5. The van der Waals surface area contributed by atoms with Crippen LogP contribution in [0.15, 0.2) is 67.0 Å². The minimum atomic E-state index is 0.654. The van der Waals surface area contributed by atoms with Gasteiger partial charge in [-0.3, -0.25) is 4.98 Å². The molecule has 0 saturated heterocycles. The van der Waals surface area contributed by atoms with E-state index in [4.69, 9.17) is 0 Å². The molecule has 0 N–H and O–H groups in total. The van der Waals surface area contributed by atoms with Crippen LogP contribution in [-0.2, 0) is 6.42 Å². The van der Waals surface area contributed by atoms with Gasteiger partial charge in [-0.25, -0.2) is 0 Å². The highest BCUT2D eigenvalue weighted by molar-refractivity contribution is 6.15. The van der Waals surface area contributed by atoms with E-state index in [1.165, 1.54) is 51.9 Å². The smallest absolute Gasteiger partial charge is 0.0346 e. The number of fused-ring (bicyclic) bond motifs is 5. The third-order valence-corrected chi connectivity index (χ3v) is 5.74. The lowest BCUT2D eigenvalue weighted by molar-refractivity contribution is 0.593. The lowest BCUT2D eigenvalue weighted by atomic mass is 9.79. The van der Waals surface area contributed by atoms with E-state index in [-0.39, 0.29) is 0 Å². The van der Waals surface area contributed by atoms with Crippen LogP contribution >= 0.6 is 0 Å². The van der Waals surface area contributed by atoms with E-state index in [1.807, 2.05) is 18.5 Å². The van der Waals surface area contributed by atoms with Crippen LogP contribution in [0.4, 0.5) is 0 Å². The average Bonchev–Trinajstić information content (AvgIpc) is 2.68. The second kappa shape index (κ2) is 5.70. The maximum absolute atomic E-state index is 4.37. The Kier molecular flexibility index (Phi) is 3.34. The summed E-state index contributed by atoms with van der Waals surface area (Å²) < 4.78 is 0. The molecule has 5 rings (SSSR count). The molecule has 0 radical (unpaired) electrons. The van der Waals surface area contributed by atoms with Crippen LogP contribution in [0.3, 0.4) is 0 Å². The van der Waals surface area contributed by atoms with E-state index in [9.17, 15) is 0 Å². The van der Waals surface area contributed by atoms with Crippen molar-refractivity contribution >= 4 is 21.5 Å². The van der Waals surface area contributed by atoms with Crippen molar-refractivity contribution in [3.05, 3.63) is 78.1 Å². The van der Waals surface area contributed by atoms with Gasteiger partial charge in [-0.1, -0.05) is 49.4 Å². The van der Waals surface area contributed by atoms with Gasteiger partial charge in [0.25, 0.3) is 0 Å². The van der Waals surface area contributed by atoms with E-state index in [0.29, 0.717) is 5.92 Å². The normalized spacial score (nSPS) is 16.9. The number of hydrogen-bond donors (Lipinski definition) is 0. The molecule has 1 aromatic heterocycles. The molecule has 0 spiro atoms. The second-order valence-corrected chi connectivity index (χ2v) is 7.24. The van der Waals surface area contributed by atoms with Crippen molar-refractivity contribution in [3.8, 4) is 11.1 Å². The molecule has 1 nitrogen and oxygen atoms in total. The summed E-state index contributed by atoms with van der Waals surface area (Å²) in [7, 11) is 0. The average molecular weight is 323 g/mol. The molecule has 1 heterocycles. The summed E-state index contributed by atoms with van der Waals surface area (Å²) in [6.45, 7) is 2.37. The Bertz CT molecular complexity index is 1080. The van der Waals surface area contributed by atoms with Crippen LogP contribution in [-0.4, -0.2) is 4.98 Å². The highest BCUT2D eigenvalue weighted by Crippen LogP contribution is 2.42. The van der Waals surface area contributed by atoms with E-state index < -0.39 is 0 Å². The minimum absolute atomic E-state index is 0.654. The quantitative estimate of drug-likeness (QED) is 0.365. The molecule has 25 heavy (non-hydrogen) atoms. The highest BCUT2D eigenvalue weighted by Gasteiger charge is 2.21. The maximum atomic E-state index is 4.37. The summed E-state index contributed by atoms with van der Waals surface area (Å²) in [6, 6.07) is 20.0. The first-order chi connectivity index (χ1) is 12.3. The number of aryl methyl sites for hydroxylation is 1. The molecule has 3 aromatic carbocycles. The fourth-order valence-corrected chi connectivity index (χ4v) is 4.51. The molecule has 1 heteroatoms. The highest BCUT2D eigenvalue weighted by atomic mass is 14.6. The molecular weight excluding hydrogens is 302 g/mol. The standard InChI is InChI=1S/C24H21N/c1-16-6-4-10-21-19(16)11-12-22-20-9-3-2-7-17(20)14-23(24(21)22)18-8-5-13-25-15-18/h2-3,5,7-9,11-16H,4,6,10H2,1H3. The molecule has 0 aliphatic heterocycles. The van der Waals surface area contributed by atoms with Gasteiger partial charge in [0, 0.05) is 18.0 Å². The van der Waals surface area contributed by atoms with Gasteiger partial charge in [0.2, 0.25) is 0 Å². The SMILES string of the molecule is CC1CCCc2c1ccc1c2c(-c2cccnc2)cc2ccccc21. The number of aromatic nitrogens is 1. The van der Waals surface area contributed by atoms with Crippen LogP contribution in [0.1, 0.15) is 36.8 Å². The summed E-state index contributed by atoms with van der Waals surface area (Å²) in [5.41, 5.74) is 5.64. The van der Waals surface area contributed by atoms with Crippen molar-refractivity contribution in [1.29, 1.82) is 0 Å². The molecule has 4 aromatic rings. The Morgan fingerprint density at radius 3 is 2.76 bits per heavy atom. The predicted octanol–water partition coefficient (Wildman–Crippen LogP) is 6.49. The van der Waals surface area contributed by atoms with Crippen LogP contribution in [0, 0.1) is 0 Å². The fraction of sp³-hybridized carbons (Fsp3) is 0.208. The van der Waals surface area contributed by atoms with Crippen LogP contribution in [0.25, 0.3) is 32.7 Å². The van der Waals surface area contributed by atoms with E-state index in [2.05, 4.69) is 60.4 Å². The van der Waals surface area contributed by atoms with Crippen LogP contribution < -0.4 is 0 Å². The van der Waals surface area contributed by atoms with Crippen molar-refractivity contribution in [2.24, 2.45) is 0 Å². The van der Waals surface area contributed by atoms with Crippen molar-refractivity contribution in [1.82, 2.24) is 4.98 Å². The van der Waals surface area contributed by atoms with Crippen molar-refractivity contribution in [2.75, 3.05) is 0 Å². The van der Waals surface area contributed by atoms with Crippen LogP contribution in [0.5, 0.6) is 0 Å². The number of benzene rings is 3. The Balaban J connectivity index is 1.97. The zero-order valence-corrected chi connectivity index (χ0v) is 14.5. The topological polar surface area (TPSA) is 12.9 Å². The van der Waals surface area contributed by atoms with Gasteiger partial charge < -0.3 is 0 Å². The van der Waals surface area contributed by atoms with Gasteiger partial charge in [-0.2, -0.15) is 0 Å². The Hall–Kier alpha value is -2.67.